The Kier molecular flexibility index (Phi) is 13.5. The van der Waals surface area contributed by atoms with Crippen LogP contribution in [0.25, 0.3) is 0 Å². The zero-order valence-corrected chi connectivity index (χ0v) is 15.2. The van der Waals surface area contributed by atoms with Gasteiger partial charge in [-0.3, -0.25) is 9.36 Å². The maximum Gasteiger partial charge on any atom is 0.336 e. The molecule has 0 saturated heterocycles. The molecule has 0 aliphatic rings. The van der Waals surface area contributed by atoms with Crippen molar-refractivity contribution in [2.75, 3.05) is 19.4 Å². The Balaban J connectivity index is 3.27. The molecule has 0 heterocycles. The van der Waals surface area contributed by atoms with Gasteiger partial charge in [0.15, 0.2) is 0 Å². The first-order chi connectivity index (χ1) is 11.3. The van der Waals surface area contributed by atoms with Gasteiger partial charge >= 0.3 is 19.5 Å². The Morgan fingerprint density at radius 3 is 1.79 bits per heavy atom. The molecular formula is C16H29O7P. The van der Waals surface area contributed by atoms with Gasteiger partial charge in [0.1, 0.15) is 6.16 Å². The summed E-state index contributed by atoms with van der Waals surface area (Å²) in [6.07, 6.45) is 10.1. The second kappa shape index (κ2) is 14.2. The van der Waals surface area contributed by atoms with Gasteiger partial charge < -0.3 is 19.3 Å². The van der Waals surface area contributed by atoms with Crippen LogP contribution in [0.1, 0.15) is 58.3 Å². The summed E-state index contributed by atoms with van der Waals surface area (Å²) in [6, 6.07) is 0. The van der Waals surface area contributed by atoms with E-state index in [1.807, 2.05) is 0 Å². The molecule has 0 aromatic carbocycles. The minimum atomic E-state index is -4.32. The van der Waals surface area contributed by atoms with E-state index in [4.69, 9.17) is 19.3 Å². The zero-order chi connectivity index (χ0) is 18.3. The number of carbonyl (C=O) groups is 2. The smallest absolute Gasteiger partial charge is 0.336 e. The molecule has 0 spiro atoms. The van der Waals surface area contributed by atoms with Crippen molar-refractivity contribution in [3.8, 4) is 0 Å². The molecule has 0 aliphatic carbocycles. The predicted octanol–water partition coefficient (Wildman–Crippen LogP) is 2.95. The Bertz CT molecular complexity index is 428. The van der Waals surface area contributed by atoms with Crippen LogP contribution in [0.3, 0.4) is 0 Å². The quantitative estimate of drug-likeness (QED) is 0.211. The Morgan fingerprint density at radius 2 is 1.33 bits per heavy atom. The first kappa shape index (κ1) is 22.8. The molecule has 0 aliphatic heterocycles. The number of rotatable bonds is 14. The molecule has 0 saturated carbocycles. The van der Waals surface area contributed by atoms with Gasteiger partial charge in [-0.2, -0.15) is 0 Å². The van der Waals surface area contributed by atoms with Gasteiger partial charge in [-0.1, -0.05) is 44.6 Å². The van der Waals surface area contributed by atoms with Gasteiger partial charge in [-0.05, 0) is 19.8 Å². The summed E-state index contributed by atoms with van der Waals surface area (Å²) < 4.78 is 20.3. The molecule has 0 radical (unpaired) electrons. The summed E-state index contributed by atoms with van der Waals surface area (Å²) in [5, 5.41) is 0. The molecule has 7 nitrogen and oxygen atoms in total. The molecule has 0 amide bonds. The number of allylic oxidation sites excluding steroid dienone is 1. The molecule has 8 heteroatoms. The third-order valence-electron chi connectivity index (χ3n) is 3.18. The lowest BCUT2D eigenvalue weighted by Crippen LogP contribution is -2.10. The summed E-state index contributed by atoms with van der Waals surface area (Å²) in [6.45, 7) is 2.44. The molecule has 2 N–H and O–H groups in total. The predicted molar refractivity (Wildman–Crippen MR) is 90.6 cm³/mol. The van der Waals surface area contributed by atoms with Gasteiger partial charge in [0.2, 0.25) is 0 Å². The largest absolute Gasteiger partial charge is 0.465 e. The van der Waals surface area contributed by atoms with Gasteiger partial charge in [-0.15, -0.1) is 0 Å². The standard InChI is InChI=1S/C16H29O7P/c1-2-11-15(17)22-12-9-7-5-3-4-6-8-10-13-23-16(18)14-24(19,20)21/h2,11H,3-10,12-14H2,1H3,(H2,19,20,21). The van der Waals surface area contributed by atoms with E-state index < -0.39 is 19.7 Å². The number of unbranched alkanes of at least 4 members (excludes halogenated alkanes) is 7. The molecule has 140 valence electrons. The zero-order valence-electron chi connectivity index (χ0n) is 14.3. The third kappa shape index (κ3) is 17.2. The summed E-state index contributed by atoms with van der Waals surface area (Å²) in [4.78, 5) is 39.3. The van der Waals surface area contributed by atoms with Gasteiger partial charge in [0.05, 0.1) is 13.2 Å². The van der Waals surface area contributed by atoms with Crippen molar-refractivity contribution >= 4 is 19.5 Å². The van der Waals surface area contributed by atoms with Crippen LogP contribution in [0.4, 0.5) is 0 Å². The highest BCUT2D eigenvalue weighted by Gasteiger charge is 2.19. The number of ether oxygens (including phenoxy) is 2. The second-order valence-corrected chi connectivity index (χ2v) is 7.18. The molecule has 0 aromatic heterocycles. The van der Waals surface area contributed by atoms with Crippen molar-refractivity contribution in [2.24, 2.45) is 0 Å². The van der Waals surface area contributed by atoms with Gasteiger partial charge in [0, 0.05) is 6.08 Å². The Labute approximate surface area is 143 Å². The highest BCUT2D eigenvalue weighted by Crippen LogP contribution is 2.33. The van der Waals surface area contributed by atoms with E-state index in [0.29, 0.717) is 13.0 Å². The molecule has 24 heavy (non-hydrogen) atoms. The molecule has 0 atom stereocenters. The van der Waals surface area contributed by atoms with E-state index in [9.17, 15) is 14.2 Å². The number of esters is 2. The lowest BCUT2D eigenvalue weighted by molar-refractivity contribution is -0.141. The van der Waals surface area contributed by atoms with Crippen LogP contribution in [0.15, 0.2) is 12.2 Å². The second-order valence-electron chi connectivity index (χ2n) is 5.54. The van der Waals surface area contributed by atoms with E-state index in [1.54, 1.807) is 13.0 Å². The Hall–Kier alpha value is -1.17. The van der Waals surface area contributed by atoms with Crippen molar-refractivity contribution in [1.29, 1.82) is 0 Å². The average Bonchev–Trinajstić information content (AvgIpc) is 2.46. The van der Waals surface area contributed by atoms with E-state index in [2.05, 4.69) is 0 Å². The van der Waals surface area contributed by atoms with Crippen molar-refractivity contribution < 1.29 is 33.4 Å². The van der Waals surface area contributed by atoms with E-state index >= 15 is 0 Å². The molecular weight excluding hydrogens is 335 g/mol. The SMILES string of the molecule is CC=CC(=O)OCCCCCCCCCCOC(=O)CP(=O)(O)O. The monoisotopic (exact) mass is 364 g/mol. The average molecular weight is 364 g/mol. The van der Waals surface area contributed by atoms with Crippen LogP contribution < -0.4 is 0 Å². The highest BCUT2D eigenvalue weighted by molar-refractivity contribution is 7.52. The minimum Gasteiger partial charge on any atom is -0.465 e. The summed E-state index contributed by atoms with van der Waals surface area (Å²) in [5.41, 5.74) is 0. The van der Waals surface area contributed by atoms with Crippen LogP contribution in [-0.4, -0.2) is 41.1 Å². The van der Waals surface area contributed by atoms with Crippen LogP contribution in [0.2, 0.25) is 0 Å². The van der Waals surface area contributed by atoms with E-state index in [-0.39, 0.29) is 12.6 Å². The fourth-order valence-electron chi connectivity index (χ4n) is 2.02. The minimum absolute atomic E-state index is 0.205. The lowest BCUT2D eigenvalue weighted by Gasteiger charge is -2.06. The summed E-state index contributed by atoms with van der Waals surface area (Å²) in [7, 11) is -4.32. The Morgan fingerprint density at radius 1 is 0.875 bits per heavy atom. The molecule has 0 fully saturated rings. The molecule has 0 aromatic rings. The number of carbonyl (C=O) groups excluding carboxylic acids is 2. The maximum absolute atomic E-state index is 11.0. The van der Waals surface area contributed by atoms with Crippen molar-refractivity contribution in [1.82, 2.24) is 0 Å². The van der Waals surface area contributed by atoms with Crippen molar-refractivity contribution in [2.45, 2.75) is 58.3 Å². The van der Waals surface area contributed by atoms with Gasteiger partial charge in [0.25, 0.3) is 0 Å². The van der Waals surface area contributed by atoms with Crippen molar-refractivity contribution in [3.63, 3.8) is 0 Å². The van der Waals surface area contributed by atoms with Crippen LogP contribution in [0.5, 0.6) is 0 Å². The van der Waals surface area contributed by atoms with Crippen LogP contribution in [-0.2, 0) is 23.6 Å². The molecule has 0 bridgehead atoms. The number of hydrogen-bond donors (Lipinski definition) is 2. The summed E-state index contributed by atoms with van der Waals surface area (Å²) >= 11 is 0. The fraction of sp³-hybridized carbons (Fsp3) is 0.750. The third-order valence-corrected chi connectivity index (χ3v) is 3.85. The number of hydrogen-bond acceptors (Lipinski definition) is 5. The molecule has 0 unspecified atom stereocenters. The van der Waals surface area contributed by atoms with Crippen LogP contribution >= 0.6 is 7.60 Å². The van der Waals surface area contributed by atoms with Gasteiger partial charge in [-0.25, -0.2) is 4.79 Å². The first-order valence-electron chi connectivity index (χ1n) is 8.35. The lowest BCUT2D eigenvalue weighted by atomic mass is 10.1. The van der Waals surface area contributed by atoms with Crippen LogP contribution in [0, 0.1) is 0 Å². The molecule has 0 rings (SSSR count). The maximum atomic E-state index is 11.0. The van der Waals surface area contributed by atoms with Crippen molar-refractivity contribution in [3.05, 3.63) is 12.2 Å². The first-order valence-corrected chi connectivity index (χ1v) is 10.1. The normalized spacial score (nSPS) is 11.6. The summed E-state index contributed by atoms with van der Waals surface area (Å²) in [5.74, 6) is -1.14. The van der Waals surface area contributed by atoms with E-state index in [1.165, 1.54) is 6.08 Å². The topological polar surface area (TPSA) is 110 Å². The highest BCUT2D eigenvalue weighted by atomic mass is 31.2. The fourth-order valence-corrected chi connectivity index (χ4v) is 2.45. The van der Waals surface area contributed by atoms with E-state index in [0.717, 1.165) is 44.9 Å².